The summed E-state index contributed by atoms with van der Waals surface area (Å²) in [5.41, 5.74) is 2.29. The van der Waals surface area contributed by atoms with Gasteiger partial charge in [-0.05, 0) is 31.0 Å². The van der Waals surface area contributed by atoms with Gasteiger partial charge in [0.15, 0.2) is 0 Å². The number of carbonyl (C=O) groups excluding carboxylic acids is 1. The van der Waals surface area contributed by atoms with Crippen LogP contribution in [0, 0.1) is 0 Å². The number of benzene rings is 1. The molecule has 0 bridgehead atoms. The zero-order valence-corrected chi connectivity index (χ0v) is 14.9. The Kier molecular flexibility index (Phi) is 5.71. The van der Waals surface area contributed by atoms with E-state index >= 15 is 0 Å². The summed E-state index contributed by atoms with van der Waals surface area (Å²) in [7, 11) is 1.92. The van der Waals surface area contributed by atoms with Crippen LogP contribution in [0.25, 0.3) is 0 Å². The second-order valence-electron chi connectivity index (χ2n) is 6.10. The fourth-order valence-electron chi connectivity index (χ4n) is 3.27. The van der Waals surface area contributed by atoms with E-state index in [1.54, 1.807) is 0 Å². The van der Waals surface area contributed by atoms with Crippen molar-refractivity contribution in [2.24, 2.45) is 7.05 Å². The molecule has 1 aliphatic rings. The quantitative estimate of drug-likeness (QED) is 0.774. The Hall–Kier alpha value is -2.34. The summed E-state index contributed by atoms with van der Waals surface area (Å²) < 4.78 is 13.2. The third-order valence-corrected chi connectivity index (χ3v) is 4.51. The topological polar surface area (TPSA) is 56.6 Å². The highest BCUT2D eigenvalue weighted by molar-refractivity contribution is 5.77. The number of fused-ring (bicyclic) bond motifs is 1. The van der Waals surface area contributed by atoms with E-state index in [0.717, 1.165) is 17.9 Å². The third kappa shape index (κ3) is 4.02. The standard InChI is InChI=1S/C19H25N3O3/c1-3-24-14-17-19-15(13-20-21(19)2)9-11-22(17)18(23)10-12-25-16-7-5-4-6-8-16/h4-8,13,17H,3,9-12,14H2,1-2H3/t17-/m0/s1. The normalized spacial score (nSPS) is 16.6. The average molecular weight is 343 g/mol. The first kappa shape index (κ1) is 17.5. The Morgan fingerprint density at radius 2 is 2.12 bits per heavy atom. The van der Waals surface area contributed by atoms with Crippen LogP contribution in [-0.2, 0) is 23.0 Å². The van der Waals surface area contributed by atoms with Gasteiger partial charge < -0.3 is 14.4 Å². The molecule has 134 valence electrons. The number of hydrogen-bond donors (Lipinski definition) is 0. The zero-order valence-electron chi connectivity index (χ0n) is 14.9. The van der Waals surface area contributed by atoms with Gasteiger partial charge in [0.1, 0.15) is 5.75 Å². The summed E-state index contributed by atoms with van der Waals surface area (Å²) in [5, 5.41) is 4.35. The van der Waals surface area contributed by atoms with Crippen molar-refractivity contribution in [3.8, 4) is 5.75 Å². The molecule has 1 aromatic heterocycles. The predicted octanol–water partition coefficient (Wildman–Crippen LogP) is 2.35. The number of aromatic nitrogens is 2. The van der Waals surface area contributed by atoms with Gasteiger partial charge in [-0.2, -0.15) is 5.10 Å². The van der Waals surface area contributed by atoms with Crippen molar-refractivity contribution in [3.63, 3.8) is 0 Å². The maximum absolute atomic E-state index is 12.8. The van der Waals surface area contributed by atoms with Crippen LogP contribution >= 0.6 is 0 Å². The van der Waals surface area contributed by atoms with E-state index in [9.17, 15) is 4.79 Å². The summed E-state index contributed by atoms with van der Waals surface area (Å²) in [6.07, 6.45) is 3.08. The first-order chi connectivity index (χ1) is 12.2. The fraction of sp³-hybridized carbons (Fsp3) is 0.474. The van der Waals surface area contributed by atoms with Crippen LogP contribution in [0.3, 0.4) is 0 Å². The molecule has 0 radical (unpaired) electrons. The summed E-state index contributed by atoms with van der Waals surface area (Å²) in [6.45, 7) is 4.16. The molecule has 3 rings (SSSR count). The average Bonchev–Trinajstić information content (AvgIpc) is 3.02. The van der Waals surface area contributed by atoms with Gasteiger partial charge in [-0.1, -0.05) is 18.2 Å². The molecule has 25 heavy (non-hydrogen) atoms. The van der Waals surface area contributed by atoms with Crippen LogP contribution in [0.5, 0.6) is 5.75 Å². The van der Waals surface area contributed by atoms with Crippen molar-refractivity contribution in [1.82, 2.24) is 14.7 Å². The van der Waals surface area contributed by atoms with Crippen molar-refractivity contribution in [1.29, 1.82) is 0 Å². The molecule has 6 nitrogen and oxygen atoms in total. The molecule has 0 saturated carbocycles. The summed E-state index contributed by atoms with van der Waals surface area (Å²) in [6, 6.07) is 9.49. The molecule has 0 spiro atoms. The number of carbonyl (C=O) groups is 1. The minimum Gasteiger partial charge on any atom is -0.493 e. The van der Waals surface area contributed by atoms with E-state index < -0.39 is 0 Å². The van der Waals surface area contributed by atoms with E-state index in [1.165, 1.54) is 5.56 Å². The lowest BCUT2D eigenvalue weighted by molar-refractivity contribution is -0.136. The monoisotopic (exact) mass is 343 g/mol. The molecule has 1 aliphatic heterocycles. The van der Waals surface area contributed by atoms with Gasteiger partial charge in [-0.25, -0.2) is 0 Å². The predicted molar refractivity (Wildman–Crippen MR) is 94.4 cm³/mol. The van der Waals surface area contributed by atoms with Gasteiger partial charge in [0.05, 0.1) is 37.6 Å². The summed E-state index contributed by atoms with van der Waals surface area (Å²) >= 11 is 0. The van der Waals surface area contributed by atoms with Crippen molar-refractivity contribution in [3.05, 3.63) is 47.8 Å². The molecule has 0 fully saturated rings. The Labute approximate surface area is 148 Å². The molecule has 0 saturated heterocycles. The van der Waals surface area contributed by atoms with E-state index in [-0.39, 0.29) is 11.9 Å². The lowest BCUT2D eigenvalue weighted by atomic mass is 9.99. The maximum atomic E-state index is 12.8. The Balaban J connectivity index is 1.65. The summed E-state index contributed by atoms with van der Waals surface area (Å²) in [5.74, 6) is 0.876. The first-order valence-corrected chi connectivity index (χ1v) is 8.76. The second-order valence-corrected chi connectivity index (χ2v) is 6.10. The van der Waals surface area contributed by atoms with E-state index in [2.05, 4.69) is 5.10 Å². The number of hydrogen-bond acceptors (Lipinski definition) is 4. The smallest absolute Gasteiger partial charge is 0.226 e. The van der Waals surface area contributed by atoms with Crippen LogP contribution in [0.4, 0.5) is 0 Å². The maximum Gasteiger partial charge on any atom is 0.226 e. The van der Waals surface area contributed by atoms with E-state index in [1.807, 2.05) is 60.1 Å². The van der Waals surface area contributed by atoms with Crippen molar-refractivity contribution >= 4 is 5.91 Å². The first-order valence-electron chi connectivity index (χ1n) is 8.76. The second kappa shape index (κ2) is 8.16. The number of nitrogens with zero attached hydrogens (tertiary/aromatic N) is 3. The minimum absolute atomic E-state index is 0.0829. The van der Waals surface area contributed by atoms with Gasteiger partial charge in [0, 0.05) is 20.2 Å². The summed E-state index contributed by atoms with van der Waals surface area (Å²) in [4.78, 5) is 14.7. The SMILES string of the molecule is CCOC[C@H]1c2c(cnn2C)CCN1C(=O)CCOc1ccccc1. The van der Waals surface area contributed by atoms with Crippen LogP contribution < -0.4 is 4.74 Å². The molecule has 1 atom stereocenters. The lowest BCUT2D eigenvalue weighted by Gasteiger charge is -2.36. The van der Waals surface area contributed by atoms with Crippen LogP contribution in [0.15, 0.2) is 36.5 Å². The Morgan fingerprint density at radius 3 is 2.88 bits per heavy atom. The van der Waals surface area contributed by atoms with Gasteiger partial charge >= 0.3 is 0 Å². The molecule has 1 aromatic carbocycles. The molecule has 2 heterocycles. The van der Waals surface area contributed by atoms with Gasteiger partial charge in [0.2, 0.25) is 5.91 Å². The van der Waals surface area contributed by atoms with Crippen molar-refractivity contribution in [2.75, 3.05) is 26.4 Å². The minimum atomic E-state index is -0.0829. The number of aryl methyl sites for hydroxylation is 1. The molecule has 0 N–H and O–H groups in total. The van der Waals surface area contributed by atoms with Gasteiger partial charge in [-0.3, -0.25) is 9.48 Å². The molecule has 0 aliphatic carbocycles. The van der Waals surface area contributed by atoms with Crippen LogP contribution in [0.2, 0.25) is 0 Å². The fourth-order valence-corrected chi connectivity index (χ4v) is 3.27. The number of rotatable bonds is 7. The largest absolute Gasteiger partial charge is 0.493 e. The van der Waals surface area contributed by atoms with Crippen molar-refractivity contribution < 1.29 is 14.3 Å². The number of ether oxygens (including phenoxy) is 2. The highest BCUT2D eigenvalue weighted by Crippen LogP contribution is 2.30. The molecule has 1 amide bonds. The molecule has 0 unspecified atom stereocenters. The number of para-hydroxylation sites is 1. The molecular weight excluding hydrogens is 318 g/mol. The number of amides is 1. The van der Waals surface area contributed by atoms with Gasteiger partial charge in [-0.15, -0.1) is 0 Å². The highest BCUT2D eigenvalue weighted by Gasteiger charge is 2.33. The van der Waals surface area contributed by atoms with E-state index in [0.29, 0.717) is 32.8 Å². The molecular formula is C19H25N3O3. The molecule has 2 aromatic rings. The van der Waals surface area contributed by atoms with Crippen LogP contribution in [0.1, 0.15) is 30.6 Å². The Bertz CT molecular complexity index is 699. The van der Waals surface area contributed by atoms with Crippen molar-refractivity contribution in [2.45, 2.75) is 25.8 Å². The highest BCUT2D eigenvalue weighted by atomic mass is 16.5. The lowest BCUT2D eigenvalue weighted by Crippen LogP contribution is -2.43. The van der Waals surface area contributed by atoms with Crippen LogP contribution in [-0.4, -0.2) is 47.0 Å². The Morgan fingerprint density at radius 1 is 1.32 bits per heavy atom. The van der Waals surface area contributed by atoms with E-state index in [4.69, 9.17) is 9.47 Å². The third-order valence-electron chi connectivity index (χ3n) is 4.51. The van der Waals surface area contributed by atoms with Gasteiger partial charge in [0.25, 0.3) is 0 Å². The zero-order chi connectivity index (χ0) is 17.6. The molecule has 6 heteroatoms.